The molecule has 1 saturated heterocycles. The van der Waals surface area contributed by atoms with E-state index in [0.29, 0.717) is 6.04 Å². The van der Waals surface area contributed by atoms with Crippen LogP contribution >= 0.6 is 15.9 Å². The summed E-state index contributed by atoms with van der Waals surface area (Å²) >= 11 is 3.52. The summed E-state index contributed by atoms with van der Waals surface area (Å²) in [5.41, 5.74) is 2.26. The van der Waals surface area contributed by atoms with Crippen LogP contribution in [0.1, 0.15) is 24.4 Å². The van der Waals surface area contributed by atoms with Crippen molar-refractivity contribution >= 4 is 21.6 Å². The Balaban J connectivity index is 1.93. The van der Waals surface area contributed by atoms with E-state index in [0.717, 1.165) is 29.5 Å². The lowest BCUT2D eigenvalue weighted by atomic mass is 10.0. The Morgan fingerprint density at radius 2 is 1.95 bits per heavy atom. The first-order valence-corrected chi connectivity index (χ1v) is 7.31. The van der Waals surface area contributed by atoms with E-state index in [4.69, 9.17) is 0 Å². The molecular weight excluding hydrogens is 305 g/mol. The van der Waals surface area contributed by atoms with Crippen LogP contribution < -0.4 is 4.90 Å². The van der Waals surface area contributed by atoms with E-state index >= 15 is 0 Å². The molecule has 2 aromatic carbocycles. The van der Waals surface area contributed by atoms with Gasteiger partial charge in [-0.2, -0.15) is 0 Å². The van der Waals surface area contributed by atoms with E-state index in [-0.39, 0.29) is 5.82 Å². The van der Waals surface area contributed by atoms with Gasteiger partial charge in [0.2, 0.25) is 0 Å². The standard InChI is InChI=1S/C16H15BrFN/c17-13-5-1-4-12(10-13)16-8-3-9-19(16)15-7-2-6-14(18)11-15/h1-2,4-7,10-11,16H,3,8-9H2. The molecule has 0 spiro atoms. The molecule has 1 unspecified atom stereocenters. The molecule has 1 heterocycles. The normalized spacial score (nSPS) is 18.8. The summed E-state index contributed by atoms with van der Waals surface area (Å²) in [5.74, 6) is -0.169. The molecule has 2 aromatic rings. The van der Waals surface area contributed by atoms with Gasteiger partial charge >= 0.3 is 0 Å². The monoisotopic (exact) mass is 319 g/mol. The van der Waals surface area contributed by atoms with Crippen LogP contribution in [-0.4, -0.2) is 6.54 Å². The van der Waals surface area contributed by atoms with E-state index in [1.54, 1.807) is 12.1 Å². The summed E-state index contributed by atoms with van der Waals surface area (Å²) in [7, 11) is 0. The van der Waals surface area contributed by atoms with Gasteiger partial charge in [-0.1, -0.05) is 34.1 Å². The molecule has 0 radical (unpaired) electrons. The van der Waals surface area contributed by atoms with Crippen LogP contribution in [0.5, 0.6) is 0 Å². The van der Waals surface area contributed by atoms with Crippen LogP contribution in [0.25, 0.3) is 0 Å². The highest BCUT2D eigenvalue weighted by Gasteiger charge is 2.26. The lowest BCUT2D eigenvalue weighted by Gasteiger charge is -2.27. The molecule has 0 amide bonds. The maximum atomic E-state index is 13.4. The van der Waals surface area contributed by atoms with Crippen molar-refractivity contribution in [2.24, 2.45) is 0 Å². The largest absolute Gasteiger partial charge is 0.364 e. The SMILES string of the molecule is Fc1cccc(N2CCCC2c2cccc(Br)c2)c1. The van der Waals surface area contributed by atoms with Gasteiger partial charge in [0.25, 0.3) is 0 Å². The second-order valence-corrected chi connectivity index (χ2v) is 5.80. The number of halogens is 2. The third kappa shape index (κ3) is 2.66. The summed E-state index contributed by atoms with van der Waals surface area (Å²) in [6.45, 7) is 0.987. The van der Waals surface area contributed by atoms with Crippen LogP contribution in [0.3, 0.4) is 0 Å². The highest BCUT2D eigenvalue weighted by atomic mass is 79.9. The maximum Gasteiger partial charge on any atom is 0.125 e. The summed E-state index contributed by atoms with van der Waals surface area (Å²) < 4.78 is 14.5. The quantitative estimate of drug-likeness (QED) is 0.758. The predicted octanol–water partition coefficient (Wildman–Crippen LogP) is 4.93. The molecule has 1 aliphatic rings. The zero-order valence-electron chi connectivity index (χ0n) is 10.5. The third-order valence-corrected chi connectivity index (χ3v) is 4.12. The number of benzene rings is 2. The fourth-order valence-corrected chi connectivity index (χ4v) is 3.21. The van der Waals surface area contributed by atoms with Gasteiger partial charge in [-0.05, 0) is 48.7 Å². The van der Waals surface area contributed by atoms with Gasteiger partial charge in [0, 0.05) is 16.7 Å². The average Bonchev–Trinajstić information content (AvgIpc) is 2.88. The lowest BCUT2D eigenvalue weighted by molar-refractivity contribution is 0.625. The average molecular weight is 320 g/mol. The minimum absolute atomic E-state index is 0.169. The first-order valence-electron chi connectivity index (χ1n) is 6.52. The van der Waals surface area contributed by atoms with Crippen LogP contribution in [0.4, 0.5) is 10.1 Å². The molecule has 1 fully saturated rings. The fraction of sp³-hybridized carbons (Fsp3) is 0.250. The predicted molar refractivity (Wildman–Crippen MR) is 79.9 cm³/mol. The van der Waals surface area contributed by atoms with Crippen molar-refractivity contribution in [3.8, 4) is 0 Å². The van der Waals surface area contributed by atoms with Crippen molar-refractivity contribution in [2.45, 2.75) is 18.9 Å². The van der Waals surface area contributed by atoms with Gasteiger partial charge in [0.15, 0.2) is 0 Å². The molecule has 1 nitrogen and oxygen atoms in total. The lowest BCUT2D eigenvalue weighted by Crippen LogP contribution is -2.22. The highest BCUT2D eigenvalue weighted by molar-refractivity contribution is 9.10. The van der Waals surface area contributed by atoms with Crippen molar-refractivity contribution in [2.75, 3.05) is 11.4 Å². The Morgan fingerprint density at radius 1 is 1.11 bits per heavy atom. The molecule has 98 valence electrons. The summed E-state index contributed by atoms with van der Waals surface area (Å²) in [4.78, 5) is 2.30. The van der Waals surface area contributed by atoms with Gasteiger partial charge in [-0.15, -0.1) is 0 Å². The van der Waals surface area contributed by atoms with Crippen LogP contribution in [-0.2, 0) is 0 Å². The fourth-order valence-electron chi connectivity index (χ4n) is 2.79. The maximum absolute atomic E-state index is 13.4. The van der Waals surface area contributed by atoms with E-state index in [1.807, 2.05) is 12.1 Å². The van der Waals surface area contributed by atoms with Crippen molar-refractivity contribution < 1.29 is 4.39 Å². The van der Waals surface area contributed by atoms with Crippen molar-refractivity contribution in [3.63, 3.8) is 0 Å². The number of nitrogens with zero attached hydrogens (tertiary/aromatic N) is 1. The third-order valence-electron chi connectivity index (χ3n) is 3.63. The number of rotatable bonds is 2. The number of hydrogen-bond donors (Lipinski definition) is 0. The van der Waals surface area contributed by atoms with Gasteiger partial charge < -0.3 is 4.90 Å². The molecule has 1 atom stereocenters. The van der Waals surface area contributed by atoms with Crippen LogP contribution in [0.15, 0.2) is 53.0 Å². The first-order chi connectivity index (χ1) is 9.24. The molecule has 3 heteroatoms. The number of hydrogen-bond acceptors (Lipinski definition) is 1. The molecule has 0 N–H and O–H groups in total. The second kappa shape index (κ2) is 5.33. The van der Waals surface area contributed by atoms with Gasteiger partial charge in [0.1, 0.15) is 5.82 Å². The smallest absolute Gasteiger partial charge is 0.125 e. The minimum Gasteiger partial charge on any atom is -0.364 e. The van der Waals surface area contributed by atoms with E-state index < -0.39 is 0 Å². The second-order valence-electron chi connectivity index (χ2n) is 4.89. The van der Waals surface area contributed by atoms with E-state index in [9.17, 15) is 4.39 Å². The topological polar surface area (TPSA) is 3.24 Å². The Labute approximate surface area is 121 Å². The molecule has 19 heavy (non-hydrogen) atoms. The Morgan fingerprint density at radius 3 is 2.74 bits per heavy atom. The zero-order valence-corrected chi connectivity index (χ0v) is 12.1. The zero-order chi connectivity index (χ0) is 13.2. The Kier molecular flexibility index (Phi) is 3.56. The molecule has 0 aliphatic carbocycles. The molecule has 3 rings (SSSR count). The van der Waals surface area contributed by atoms with E-state index in [1.165, 1.54) is 11.6 Å². The summed E-state index contributed by atoms with van der Waals surface area (Å²) in [6.07, 6.45) is 2.26. The van der Waals surface area contributed by atoms with Crippen LogP contribution in [0, 0.1) is 5.82 Å². The summed E-state index contributed by atoms with van der Waals surface area (Å²) in [6, 6.07) is 15.6. The highest BCUT2D eigenvalue weighted by Crippen LogP contribution is 2.36. The van der Waals surface area contributed by atoms with Crippen molar-refractivity contribution in [3.05, 3.63) is 64.4 Å². The summed E-state index contributed by atoms with van der Waals surface area (Å²) in [5, 5.41) is 0. The van der Waals surface area contributed by atoms with Gasteiger partial charge in [-0.3, -0.25) is 0 Å². The molecular formula is C16H15BrFN. The van der Waals surface area contributed by atoms with Gasteiger partial charge in [0.05, 0.1) is 6.04 Å². The van der Waals surface area contributed by atoms with Crippen LogP contribution in [0.2, 0.25) is 0 Å². The number of anilines is 1. The molecule has 0 saturated carbocycles. The van der Waals surface area contributed by atoms with Crippen molar-refractivity contribution in [1.29, 1.82) is 0 Å². The molecule has 1 aliphatic heterocycles. The Bertz CT molecular complexity index is 533. The molecule has 0 aromatic heterocycles. The van der Waals surface area contributed by atoms with Crippen molar-refractivity contribution in [1.82, 2.24) is 0 Å². The first kappa shape index (κ1) is 12.7. The van der Waals surface area contributed by atoms with Gasteiger partial charge in [-0.25, -0.2) is 4.39 Å². The Hall–Kier alpha value is -1.35. The minimum atomic E-state index is -0.169. The van der Waals surface area contributed by atoms with E-state index in [2.05, 4.69) is 39.0 Å². The molecule has 0 bridgehead atoms.